The predicted molar refractivity (Wildman–Crippen MR) is 87.4 cm³/mol. The van der Waals surface area contributed by atoms with Crippen molar-refractivity contribution in [3.8, 4) is 6.01 Å². The molecule has 0 bridgehead atoms. The van der Waals surface area contributed by atoms with Gasteiger partial charge in [0.1, 0.15) is 11.9 Å². The Labute approximate surface area is 144 Å². The van der Waals surface area contributed by atoms with Gasteiger partial charge in [-0.15, -0.1) is 0 Å². The van der Waals surface area contributed by atoms with E-state index in [1.54, 1.807) is 23.1 Å². The highest BCUT2D eigenvalue weighted by atomic mass is 35.5. The van der Waals surface area contributed by atoms with Crippen LogP contribution in [0.2, 0.25) is 5.02 Å². The molecule has 1 amide bonds. The monoisotopic (exact) mass is 349 g/mol. The van der Waals surface area contributed by atoms with Gasteiger partial charge in [0.2, 0.25) is 5.91 Å². The Bertz CT molecular complexity index is 711. The van der Waals surface area contributed by atoms with Crippen LogP contribution < -0.4 is 4.74 Å². The zero-order valence-corrected chi connectivity index (χ0v) is 13.7. The maximum Gasteiger partial charge on any atom is 0.316 e. The minimum Gasteiger partial charge on any atom is -0.458 e. The van der Waals surface area contributed by atoms with Crippen molar-refractivity contribution in [2.75, 3.05) is 13.1 Å². The van der Waals surface area contributed by atoms with Gasteiger partial charge >= 0.3 is 6.01 Å². The van der Waals surface area contributed by atoms with Gasteiger partial charge in [-0.2, -0.15) is 0 Å². The third-order valence-electron chi connectivity index (χ3n) is 3.90. The Morgan fingerprint density at radius 2 is 2.08 bits per heavy atom. The first-order chi connectivity index (χ1) is 11.6. The van der Waals surface area contributed by atoms with E-state index in [4.69, 9.17) is 16.3 Å². The molecule has 1 saturated heterocycles. The summed E-state index contributed by atoms with van der Waals surface area (Å²) in [6, 6.07) is 6.58. The molecule has 1 aliphatic rings. The fourth-order valence-electron chi connectivity index (χ4n) is 2.69. The quantitative estimate of drug-likeness (QED) is 0.851. The standard InChI is InChI=1S/C17H17ClFN3O2/c18-13-9-20-17(21-10-13)24-14-5-3-7-22(11-14)16(23)8-12-4-1-2-6-15(12)19/h1-2,4,6,9-10,14H,3,5,7-8,11H2. The molecule has 0 saturated carbocycles. The average Bonchev–Trinajstić information content (AvgIpc) is 2.59. The molecule has 0 spiro atoms. The lowest BCUT2D eigenvalue weighted by atomic mass is 10.1. The van der Waals surface area contributed by atoms with E-state index in [1.807, 2.05) is 0 Å². The molecule has 0 N–H and O–H groups in total. The van der Waals surface area contributed by atoms with Gasteiger partial charge in [0, 0.05) is 6.54 Å². The number of hydrogen-bond donors (Lipinski definition) is 0. The summed E-state index contributed by atoms with van der Waals surface area (Å²) in [6.07, 6.45) is 4.44. The average molecular weight is 350 g/mol. The van der Waals surface area contributed by atoms with Crippen LogP contribution in [0.15, 0.2) is 36.7 Å². The van der Waals surface area contributed by atoms with Crippen molar-refractivity contribution in [3.05, 3.63) is 53.1 Å². The van der Waals surface area contributed by atoms with E-state index in [0.717, 1.165) is 12.8 Å². The number of rotatable bonds is 4. The maximum atomic E-state index is 13.7. The second kappa shape index (κ2) is 7.57. The van der Waals surface area contributed by atoms with E-state index in [0.29, 0.717) is 23.7 Å². The summed E-state index contributed by atoms with van der Waals surface area (Å²) in [7, 11) is 0. The molecule has 1 aliphatic heterocycles. The second-order valence-electron chi connectivity index (χ2n) is 5.67. The number of benzene rings is 1. The molecular weight excluding hydrogens is 333 g/mol. The van der Waals surface area contributed by atoms with E-state index in [9.17, 15) is 9.18 Å². The van der Waals surface area contributed by atoms with Crippen LogP contribution in [0.1, 0.15) is 18.4 Å². The molecule has 5 nitrogen and oxygen atoms in total. The smallest absolute Gasteiger partial charge is 0.316 e. The fraction of sp³-hybridized carbons (Fsp3) is 0.353. The molecule has 2 heterocycles. The number of ether oxygens (including phenoxy) is 1. The number of likely N-dealkylation sites (tertiary alicyclic amines) is 1. The number of amides is 1. The SMILES string of the molecule is O=C(Cc1ccccc1F)N1CCCC(Oc2ncc(Cl)cn2)C1. The molecule has 1 aromatic carbocycles. The van der Waals surface area contributed by atoms with Crippen molar-refractivity contribution in [3.63, 3.8) is 0 Å². The molecule has 1 fully saturated rings. The molecule has 126 valence electrons. The number of carbonyl (C=O) groups is 1. The van der Waals surface area contributed by atoms with Crippen molar-refractivity contribution in [2.24, 2.45) is 0 Å². The van der Waals surface area contributed by atoms with Crippen molar-refractivity contribution < 1.29 is 13.9 Å². The van der Waals surface area contributed by atoms with Gasteiger partial charge in [-0.25, -0.2) is 14.4 Å². The summed E-state index contributed by atoms with van der Waals surface area (Å²) in [6.45, 7) is 1.09. The Hall–Kier alpha value is -2.21. The molecular formula is C17H17ClFN3O2. The van der Waals surface area contributed by atoms with Gasteiger partial charge in [0.05, 0.1) is 30.4 Å². The molecule has 0 radical (unpaired) electrons. The van der Waals surface area contributed by atoms with Gasteiger partial charge in [0.15, 0.2) is 0 Å². The van der Waals surface area contributed by atoms with Crippen molar-refractivity contribution in [1.82, 2.24) is 14.9 Å². The zero-order valence-electron chi connectivity index (χ0n) is 13.0. The second-order valence-corrected chi connectivity index (χ2v) is 6.11. The molecule has 1 atom stereocenters. The van der Waals surface area contributed by atoms with Crippen LogP contribution in [0, 0.1) is 5.82 Å². The minimum absolute atomic E-state index is 0.0524. The fourth-order valence-corrected chi connectivity index (χ4v) is 2.79. The minimum atomic E-state index is -0.356. The number of nitrogens with zero attached hydrogens (tertiary/aromatic N) is 3. The lowest BCUT2D eigenvalue weighted by Gasteiger charge is -2.32. The molecule has 24 heavy (non-hydrogen) atoms. The Morgan fingerprint density at radius 1 is 1.33 bits per heavy atom. The highest BCUT2D eigenvalue weighted by Gasteiger charge is 2.26. The third-order valence-corrected chi connectivity index (χ3v) is 4.09. The van der Waals surface area contributed by atoms with E-state index >= 15 is 0 Å². The molecule has 7 heteroatoms. The lowest BCUT2D eigenvalue weighted by Crippen LogP contribution is -2.45. The Morgan fingerprint density at radius 3 is 2.83 bits per heavy atom. The van der Waals surface area contributed by atoms with E-state index in [-0.39, 0.29) is 30.3 Å². The van der Waals surface area contributed by atoms with Gasteiger partial charge in [-0.05, 0) is 24.5 Å². The van der Waals surface area contributed by atoms with Crippen LogP contribution in [0.25, 0.3) is 0 Å². The van der Waals surface area contributed by atoms with Crippen LogP contribution >= 0.6 is 11.6 Å². The molecule has 1 aromatic heterocycles. The topological polar surface area (TPSA) is 55.3 Å². The van der Waals surface area contributed by atoms with Crippen LogP contribution in [0.4, 0.5) is 4.39 Å². The highest BCUT2D eigenvalue weighted by Crippen LogP contribution is 2.18. The largest absolute Gasteiger partial charge is 0.458 e. The maximum absolute atomic E-state index is 13.7. The number of halogens is 2. The highest BCUT2D eigenvalue weighted by molar-refractivity contribution is 6.30. The number of carbonyl (C=O) groups excluding carboxylic acids is 1. The third kappa shape index (κ3) is 4.20. The summed E-state index contributed by atoms with van der Waals surface area (Å²) < 4.78 is 19.4. The van der Waals surface area contributed by atoms with E-state index < -0.39 is 0 Å². The molecule has 0 aliphatic carbocycles. The summed E-state index contributed by atoms with van der Waals surface area (Å²) in [4.78, 5) is 22.1. The molecule has 2 aromatic rings. The number of piperidine rings is 1. The normalized spacial score (nSPS) is 17.6. The summed E-state index contributed by atoms with van der Waals surface area (Å²) in [5, 5.41) is 0.438. The van der Waals surface area contributed by atoms with Crippen LogP contribution in [-0.4, -0.2) is 40.0 Å². The summed E-state index contributed by atoms with van der Waals surface area (Å²) >= 11 is 5.74. The first-order valence-electron chi connectivity index (χ1n) is 7.77. The van der Waals surface area contributed by atoms with Gasteiger partial charge in [0.25, 0.3) is 0 Å². The van der Waals surface area contributed by atoms with Gasteiger partial charge in [-0.3, -0.25) is 4.79 Å². The Kier molecular flexibility index (Phi) is 5.25. The van der Waals surface area contributed by atoms with E-state index in [2.05, 4.69) is 9.97 Å². The lowest BCUT2D eigenvalue weighted by molar-refractivity contribution is -0.133. The number of hydrogen-bond acceptors (Lipinski definition) is 4. The van der Waals surface area contributed by atoms with E-state index in [1.165, 1.54) is 18.5 Å². The first kappa shape index (κ1) is 16.6. The molecule has 1 unspecified atom stereocenters. The van der Waals surface area contributed by atoms with Gasteiger partial charge < -0.3 is 9.64 Å². The first-order valence-corrected chi connectivity index (χ1v) is 8.15. The van der Waals surface area contributed by atoms with Crippen molar-refractivity contribution in [1.29, 1.82) is 0 Å². The molecule has 3 rings (SSSR count). The summed E-state index contributed by atoms with van der Waals surface area (Å²) in [5.41, 5.74) is 0.409. The predicted octanol–water partition coefficient (Wildman–Crippen LogP) is 2.88. The Balaban J connectivity index is 1.59. The van der Waals surface area contributed by atoms with Crippen molar-refractivity contribution >= 4 is 17.5 Å². The van der Waals surface area contributed by atoms with Crippen LogP contribution in [0.5, 0.6) is 6.01 Å². The van der Waals surface area contributed by atoms with Crippen LogP contribution in [0.3, 0.4) is 0 Å². The zero-order chi connectivity index (χ0) is 16.9. The summed E-state index contributed by atoms with van der Waals surface area (Å²) in [5.74, 6) is -0.462. The number of aromatic nitrogens is 2. The van der Waals surface area contributed by atoms with Crippen molar-refractivity contribution in [2.45, 2.75) is 25.4 Å². The van der Waals surface area contributed by atoms with Gasteiger partial charge in [-0.1, -0.05) is 29.8 Å². The van der Waals surface area contributed by atoms with Crippen LogP contribution in [-0.2, 0) is 11.2 Å².